The van der Waals surface area contributed by atoms with Crippen molar-refractivity contribution in [2.24, 2.45) is 10.9 Å². The molecule has 0 aliphatic heterocycles. The predicted octanol–water partition coefficient (Wildman–Crippen LogP) is 2.36. The maximum atomic E-state index is 13.6. The number of nitrogens with zero attached hydrogens (tertiary/aromatic N) is 2. The Morgan fingerprint density at radius 3 is 2.37 bits per heavy atom. The predicted molar refractivity (Wildman–Crippen MR) is 79.4 cm³/mol. The van der Waals surface area contributed by atoms with Gasteiger partial charge in [-0.2, -0.15) is 5.10 Å². The molecule has 102 valence electrons. The van der Waals surface area contributed by atoms with Crippen molar-refractivity contribution in [3.05, 3.63) is 59.7 Å². The molecule has 0 amide bonds. The minimum atomic E-state index is -0.403. The largest absolute Gasteiger partial charge is 0.398 e. The first-order valence-electron chi connectivity index (χ1n) is 4.96. The molecule has 0 unspecified atom stereocenters. The van der Waals surface area contributed by atoms with Gasteiger partial charge in [0, 0.05) is 29.2 Å². The van der Waals surface area contributed by atoms with E-state index in [2.05, 4.69) is 10.1 Å². The van der Waals surface area contributed by atoms with Crippen LogP contribution in [0.4, 0.5) is 10.1 Å². The summed E-state index contributed by atoms with van der Waals surface area (Å²) in [5, 5.41) is 3.61. The van der Waals surface area contributed by atoms with Crippen LogP contribution in [0, 0.1) is 5.82 Å². The Morgan fingerprint density at radius 2 is 1.79 bits per heavy atom. The molecule has 2 aromatic rings. The number of anilines is 1. The van der Waals surface area contributed by atoms with E-state index >= 15 is 0 Å². The van der Waals surface area contributed by atoms with Crippen LogP contribution >= 0.6 is 24.8 Å². The fourth-order valence-corrected chi connectivity index (χ4v) is 1.54. The third-order valence-electron chi connectivity index (χ3n) is 2.37. The zero-order chi connectivity index (χ0) is 12.3. The maximum absolute atomic E-state index is 13.6. The number of halogens is 3. The van der Waals surface area contributed by atoms with Crippen molar-refractivity contribution < 1.29 is 4.39 Å². The van der Waals surface area contributed by atoms with Gasteiger partial charge in [0.05, 0.1) is 0 Å². The van der Waals surface area contributed by atoms with Gasteiger partial charge < -0.3 is 11.6 Å². The topological polar surface area (TPSA) is 77.3 Å². The Morgan fingerprint density at radius 1 is 1.11 bits per heavy atom. The summed E-state index contributed by atoms with van der Waals surface area (Å²) in [7, 11) is 0. The van der Waals surface area contributed by atoms with E-state index in [0.717, 1.165) is 0 Å². The van der Waals surface area contributed by atoms with Crippen molar-refractivity contribution >= 4 is 36.2 Å². The standard InChI is InChI=1S/C12H11FN4.2ClH/c13-10-4-2-1-3-8(10)12(17-15)9-7-16-6-5-11(9)14;;/h1-7H,15H2,(H2,14,16);2*1H/b17-12+;;. The molecule has 4 N–H and O–H groups in total. The average molecular weight is 303 g/mol. The number of hydrogen-bond acceptors (Lipinski definition) is 4. The molecule has 0 fully saturated rings. The number of pyridine rings is 1. The van der Waals surface area contributed by atoms with Crippen molar-refractivity contribution in [3.63, 3.8) is 0 Å². The fraction of sp³-hybridized carbons (Fsp3) is 0. The van der Waals surface area contributed by atoms with Crippen LogP contribution in [-0.4, -0.2) is 10.7 Å². The van der Waals surface area contributed by atoms with Gasteiger partial charge in [-0.05, 0) is 18.2 Å². The first kappa shape index (κ1) is 17.2. The number of nitrogens with two attached hydrogens (primary N) is 2. The van der Waals surface area contributed by atoms with Gasteiger partial charge in [-0.25, -0.2) is 4.39 Å². The van der Waals surface area contributed by atoms with E-state index in [1.807, 2.05) is 0 Å². The van der Waals surface area contributed by atoms with E-state index < -0.39 is 5.82 Å². The van der Waals surface area contributed by atoms with Gasteiger partial charge in [0.2, 0.25) is 0 Å². The van der Waals surface area contributed by atoms with Crippen LogP contribution in [0.25, 0.3) is 0 Å². The molecule has 0 saturated heterocycles. The normalized spacial score (nSPS) is 10.3. The highest BCUT2D eigenvalue weighted by Crippen LogP contribution is 2.17. The van der Waals surface area contributed by atoms with Crippen molar-refractivity contribution in [1.29, 1.82) is 0 Å². The lowest BCUT2D eigenvalue weighted by Crippen LogP contribution is -2.11. The second kappa shape index (κ2) is 7.56. The summed E-state index contributed by atoms with van der Waals surface area (Å²) in [4.78, 5) is 3.93. The molecule has 1 heterocycles. The van der Waals surface area contributed by atoms with Gasteiger partial charge in [0.1, 0.15) is 11.5 Å². The lowest BCUT2D eigenvalue weighted by Gasteiger charge is -2.08. The van der Waals surface area contributed by atoms with Crippen LogP contribution in [0.15, 0.2) is 47.8 Å². The summed E-state index contributed by atoms with van der Waals surface area (Å²) < 4.78 is 13.6. The molecular formula is C12H13Cl2FN4. The van der Waals surface area contributed by atoms with Crippen LogP contribution in [0.2, 0.25) is 0 Å². The highest BCUT2D eigenvalue weighted by atomic mass is 35.5. The first-order valence-corrected chi connectivity index (χ1v) is 4.96. The summed E-state index contributed by atoms with van der Waals surface area (Å²) in [6.07, 6.45) is 3.06. The first-order chi connectivity index (χ1) is 8.24. The highest BCUT2D eigenvalue weighted by Gasteiger charge is 2.13. The van der Waals surface area contributed by atoms with Crippen molar-refractivity contribution in [2.75, 3.05) is 5.73 Å². The maximum Gasteiger partial charge on any atom is 0.132 e. The molecule has 0 atom stereocenters. The second-order valence-electron chi connectivity index (χ2n) is 3.42. The van der Waals surface area contributed by atoms with Crippen LogP contribution in [-0.2, 0) is 0 Å². The monoisotopic (exact) mass is 302 g/mol. The quantitative estimate of drug-likeness (QED) is 0.508. The molecule has 0 saturated carbocycles. The molecule has 19 heavy (non-hydrogen) atoms. The van der Waals surface area contributed by atoms with Gasteiger partial charge in [0.25, 0.3) is 0 Å². The smallest absolute Gasteiger partial charge is 0.132 e. The molecule has 2 rings (SSSR count). The number of benzene rings is 1. The van der Waals surface area contributed by atoms with Gasteiger partial charge in [-0.15, -0.1) is 24.8 Å². The van der Waals surface area contributed by atoms with E-state index in [4.69, 9.17) is 11.6 Å². The summed E-state index contributed by atoms with van der Waals surface area (Å²) in [5.74, 6) is 4.91. The number of hydrazone groups is 1. The molecule has 1 aromatic carbocycles. The molecule has 0 aliphatic carbocycles. The third-order valence-corrected chi connectivity index (χ3v) is 2.37. The van der Waals surface area contributed by atoms with Crippen LogP contribution in [0.5, 0.6) is 0 Å². The molecule has 0 bridgehead atoms. The number of hydrogen-bond donors (Lipinski definition) is 2. The molecular weight excluding hydrogens is 290 g/mol. The van der Waals surface area contributed by atoms with Crippen molar-refractivity contribution in [1.82, 2.24) is 4.98 Å². The lowest BCUT2D eigenvalue weighted by molar-refractivity contribution is 0.625. The van der Waals surface area contributed by atoms with E-state index in [-0.39, 0.29) is 30.5 Å². The van der Waals surface area contributed by atoms with Crippen LogP contribution in [0.1, 0.15) is 11.1 Å². The van der Waals surface area contributed by atoms with Crippen molar-refractivity contribution in [3.8, 4) is 0 Å². The summed E-state index contributed by atoms with van der Waals surface area (Å²) in [5.41, 5.74) is 7.34. The molecule has 7 heteroatoms. The Bertz CT molecular complexity index is 528. The number of nitrogen functional groups attached to an aromatic ring is 1. The van der Waals surface area contributed by atoms with Crippen molar-refractivity contribution in [2.45, 2.75) is 0 Å². The summed E-state index contributed by atoms with van der Waals surface area (Å²) >= 11 is 0. The van der Waals surface area contributed by atoms with E-state index in [9.17, 15) is 4.39 Å². The Hall–Kier alpha value is -1.85. The van der Waals surface area contributed by atoms with Gasteiger partial charge >= 0.3 is 0 Å². The zero-order valence-electron chi connectivity index (χ0n) is 9.79. The van der Waals surface area contributed by atoms with Crippen LogP contribution in [0.3, 0.4) is 0 Å². The van der Waals surface area contributed by atoms with E-state index in [1.54, 1.807) is 30.5 Å². The molecule has 0 spiro atoms. The molecule has 4 nitrogen and oxygen atoms in total. The second-order valence-corrected chi connectivity index (χ2v) is 3.42. The average Bonchev–Trinajstić information content (AvgIpc) is 2.34. The van der Waals surface area contributed by atoms with Crippen LogP contribution < -0.4 is 11.6 Å². The Labute approximate surface area is 122 Å². The molecule has 0 radical (unpaired) electrons. The summed E-state index contributed by atoms with van der Waals surface area (Å²) in [6.45, 7) is 0. The van der Waals surface area contributed by atoms with Gasteiger partial charge in [0.15, 0.2) is 0 Å². The minimum absolute atomic E-state index is 0. The fourth-order valence-electron chi connectivity index (χ4n) is 1.54. The molecule has 1 aromatic heterocycles. The number of aromatic nitrogens is 1. The third kappa shape index (κ3) is 3.56. The van der Waals surface area contributed by atoms with E-state index in [0.29, 0.717) is 16.8 Å². The number of rotatable bonds is 2. The highest BCUT2D eigenvalue weighted by molar-refractivity contribution is 6.15. The molecule has 0 aliphatic rings. The Balaban J connectivity index is 0.00000162. The summed E-state index contributed by atoms with van der Waals surface area (Å²) in [6, 6.07) is 7.84. The van der Waals surface area contributed by atoms with E-state index in [1.165, 1.54) is 12.3 Å². The minimum Gasteiger partial charge on any atom is -0.398 e. The lowest BCUT2D eigenvalue weighted by atomic mass is 10.0. The van der Waals surface area contributed by atoms with Gasteiger partial charge in [-0.3, -0.25) is 4.98 Å². The SMILES string of the molecule is Cl.Cl.N/N=C(/c1cnccc1N)c1ccccc1F. The zero-order valence-corrected chi connectivity index (χ0v) is 11.4. The van der Waals surface area contributed by atoms with Gasteiger partial charge in [-0.1, -0.05) is 12.1 Å². The Kier molecular flexibility index (Phi) is 6.82.